The molecule has 0 radical (unpaired) electrons. The second-order valence-electron chi connectivity index (χ2n) is 4.29. The second kappa shape index (κ2) is 8.08. The number of carbonyl (C=O) groups is 1. The van der Waals surface area contributed by atoms with Crippen molar-refractivity contribution in [3.63, 3.8) is 0 Å². The molecular weight excluding hydrogens is 298 g/mol. The Balaban J connectivity index is 2.68. The highest BCUT2D eigenvalue weighted by molar-refractivity contribution is 7.89. The zero-order valence-electron chi connectivity index (χ0n) is 11.9. The molecule has 0 aliphatic carbocycles. The van der Waals surface area contributed by atoms with Crippen LogP contribution in [0.5, 0.6) is 0 Å². The number of carboxylic acids is 1. The maximum Gasteiger partial charge on any atom is 0.303 e. The first-order chi connectivity index (χ1) is 9.89. The van der Waals surface area contributed by atoms with Gasteiger partial charge in [-0.15, -0.1) is 0 Å². The van der Waals surface area contributed by atoms with Crippen LogP contribution in [0.2, 0.25) is 0 Å². The molecule has 0 fully saturated rings. The lowest BCUT2D eigenvalue weighted by Crippen LogP contribution is -2.34. The van der Waals surface area contributed by atoms with Crippen LogP contribution in [0, 0.1) is 0 Å². The van der Waals surface area contributed by atoms with E-state index in [4.69, 9.17) is 14.6 Å². The van der Waals surface area contributed by atoms with E-state index in [0.717, 1.165) is 5.56 Å². The molecule has 0 amide bonds. The van der Waals surface area contributed by atoms with Gasteiger partial charge in [-0.3, -0.25) is 4.79 Å². The number of nitrogens with one attached hydrogen (secondary N) is 1. The summed E-state index contributed by atoms with van der Waals surface area (Å²) in [4.78, 5) is 10.6. The van der Waals surface area contributed by atoms with Crippen molar-refractivity contribution in [1.29, 1.82) is 0 Å². The molecule has 21 heavy (non-hydrogen) atoms. The average molecular weight is 317 g/mol. The van der Waals surface area contributed by atoms with Crippen molar-refractivity contribution in [2.75, 3.05) is 20.8 Å². The van der Waals surface area contributed by atoms with Crippen LogP contribution < -0.4 is 4.72 Å². The molecule has 2 N–H and O–H groups in total. The van der Waals surface area contributed by atoms with E-state index in [1.54, 1.807) is 12.1 Å². The third-order valence-electron chi connectivity index (χ3n) is 2.83. The first-order valence-electron chi connectivity index (χ1n) is 6.25. The fraction of sp³-hybridized carbons (Fsp3) is 0.462. The third kappa shape index (κ3) is 5.80. The largest absolute Gasteiger partial charge is 0.481 e. The Kier molecular flexibility index (Phi) is 6.76. The van der Waals surface area contributed by atoms with E-state index < -0.39 is 22.3 Å². The minimum atomic E-state index is -3.65. The third-order valence-corrected chi connectivity index (χ3v) is 4.27. The van der Waals surface area contributed by atoms with Gasteiger partial charge in [0.2, 0.25) is 10.0 Å². The lowest BCUT2D eigenvalue weighted by Gasteiger charge is -2.14. The summed E-state index contributed by atoms with van der Waals surface area (Å²) in [6.45, 7) is -0.00387. The van der Waals surface area contributed by atoms with Gasteiger partial charge in [0.1, 0.15) is 0 Å². The number of rotatable bonds is 9. The number of carboxylic acid groups (broad SMARTS) is 1. The van der Waals surface area contributed by atoms with Crippen LogP contribution in [0.4, 0.5) is 0 Å². The molecular formula is C13H19NO6S. The summed E-state index contributed by atoms with van der Waals surface area (Å²) in [5.74, 6) is -0.890. The SMILES string of the molecule is COC(CNS(=O)(=O)c1ccc(CCC(=O)O)cc1)OC. The van der Waals surface area contributed by atoms with E-state index in [0.29, 0.717) is 6.42 Å². The predicted octanol–water partition coefficient (Wildman–Crippen LogP) is 0.601. The van der Waals surface area contributed by atoms with E-state index in [9.17, 15) is 13.2 Å². The van der Waals surface area contributed by atoms with E-state index in [1.165, 1.54) is 26.4 Å². The van der Waals surface area contributed by atoms with Gasteiger partial charge in [0.25, 0.3) is 0 Å². The zero-order valence-corrected chi connectivity index (χ0v) is 12.7. The van der Waals surface area contributed by atoms with Crippen LogP contribution in [0.3, 0.4) is 0 Å². The van der Waals surface area contributed by atoms with Crippen molar-refractivity contribution in [2.24, 2.45) is 0 Å². The number of hydrogen-bond acceptors (Lipinski definition) is 5. The molecule has 0 saturated heterocycles. The highest BCUT2D eigenvalue weighted by Gasteiger charge is 2.16. The normalized spacial score (nSPS) is 11.8. The molecule has 0 bridgehead atoms. The van der Waals surface area contributed by atoms with Crippen molar-refractivity contribution in [3.05, 3.63) is 29.8 Å². The number of hydrogen-bond donors (Lipinski definition) is 2. The lowest BCUT2D eigenvalue weighted by molar-refractivity contribution is -0.136. The first-order valence-corrected chi connectivity index (χ1v) is 7.73. The molecule has 0 aliphatic rings. The number of aliphatic carboxylic acids is 1. The highest BCUT2D eigenvalue weighted by Crippen LogP contribution is 2.12. The summed E-state index contributed by atoms with van der Waals surface area (Å²) >= 11 is 0. The molecule has 0 aromatic heterocycles. The van der Waals surface area contributed by atoms with E-state index in [2.05, 4.69) is 4.72 Å². The Labute approximate surface area is 123 Å². The zero-order chi connectivity index (χ0) is 15.9. The predicted molar refractivity (Wildman–Crippen MR) is 75.4 cm³/mol. The van der Waals surface area contributed by atoms with Crippen LogP contribution in [-0.4, -0.2) is 46.5 Å². The molecule has 1 aromatic rings. The molecule has 0 saturated carbocycles. The first kappa shape index (κ1) is 17.6. The Morgan fingerprint density at radius 1 is 1.24 bits per heavy atom. The molecule has 8 heteroatoms. The van der Waals surface area contributed by atoms with Crippen molar-refractivity contribution in [3.8, 4) is 0 Å². The summed E-state index contributed by atoms with van der Waals surface area (Å²) in [6, 6.07) is 6.07. The highest BCUT2D eigenvalue weighted by atomic mass is 32.2. The summed E-state index contributed by atoms with van der Waals surface area (Å²) in [5.41, 5.74) is 0.767. The van der Waals surface area contributed by atoms with Gasteiger partial charge in [0.15, 0.2) is 6.29 Å². The molecule has 7 nitrogen and oxygen atoms in total. The number of ether oxygens (including phenoxy) is 2. The Morgan fingerprint density at radius 3 is 2.29 bits per heavy atom. The van der Waals surface area contributed by atoms with Gasteiger partial charge in [-0.05, 0) is 24.1 Å². The Bertz CT molecular complexity index is 551. The average Bonchev–Trinajstić information content (AvgIpc) is 2.46. The Hall–Kier alpha value is -1.48. The van der Waals surface area contributed by atoms with E-state index in [-0.39, 0.29) is 17.9 Å². The smallest absolute Gasteiger partial charge is 0.303 e. The fourth-order valence-electron chi connectivity index (χ4n) is 1.61. The standard InChI is InChI=1S/C13H19NO6S/c1-19-13(20-2)9-14-21(17,18)11-6-3-10(4-7-11)5-8-12(15)16/h3-4,6-7,13-14H,5,8-9H2,1-2H3,(H,15,16). The monoisotopic (exact) mass is 317 g/mol. The van der Waals surface area contributed by atoms with Crippen molar-refractivity contribution in [2.45, 2.75) is 24.0 Å². The summed E-state index contributed by atoms with van der Waals surface area (Å²) < 4.78 is 36.2. The van der Waals surface area contributed by atoms with Crippen molar-refractivity contribution >= 4 is 16.0 Å². The van der Waals surface area contributed by atoms with Crippen molar-refractivity contribution in [1.82, 2.24) is 4.72 Å². The van der Waals surface area contributed by atoms with Crippen LogP contribution in [0.25, 0.3) is 0 Å². The molecule has 1 aromatic carbocycles. The quantitative estimate of drug-likeness (QED) is 0.647. The summed E-state index contributed by atoms with van der Waals surface area (Å²) in [5, 5.41) is 8.60. The molecule has 0 unspecified atom stereocenters. The molecule has 1 rings (SSSR count). The minimum Gasteiger partial charge on any atom is -0.481 e. The number of methoxy groups -OCH3 is 2. The van der Waals surface area contributed by atoms with Crippen LogP contribution in [0.15, 0.2) is 29.2 Å². The van der Waals surface area contributed by atoms with E-state index >= 15 is 0 Å². The molecule has 0 heterocycles. The second-order valence-corrected chi connectivity index (χ2v) is 6.06. The van der Waals surface area contributed by atoms with Crippen molar-refractivity contribution < 1.29 is 27.8 Å². The molecule has 0 aliphatic heterocycles. The van der Waals surface area contributed by atoms with Crippen LogP contribution >= 0.6 is 0 Å². The number of aryl methyl sites for hydroxylation is 1. The summed E-state index contributed by atoms with van der Waals surface area (Å²) in [7, 11) is -0.817. The number of sulfonamides is 1. The maximum atomic E-state index is 12.0. The van der Waals surface area contributed by atoms with Gasteiger partial charge in [-0.2, -0.15) is 0 Å². The van der Waals surface area contributed by atoms with Gasteiger partial charge < -0.3 is 14.6 Å². The number of benzene rings is 1. The van der Waals surface area contributed by atoms with Gasteiger partial charge in [-0.25, -0.2) is 13.1 Å². The lowest BCUT2D eigenvalue weighted by atomic mass is 10.1. The topological polar surface area (TPSA) is 102 Å². The Morgan fingerprint density at radius 2 is 1.81 bits per heavy atom. The minimum absolute atomic E-state index is 0.00387. The van der Waals surface area contributed by atoms with Gasteiger partial charge in [0, 0.05) is 20.6 Å². The van der Waals surface area contributed by atoms with Gasteiger partial charge in [-0.1, -0.05) is 12.1 Å². The summed E-state index contributed by atoms with van der Waals surface area (Å²) in [6.07, 6.45) is -0.290. The van der Waals surface area contributed by atoms with Gasteiger partial charge in [0.05, 0.1) is 11.4 Å². The molecule has 0 atom stereocenters. The van der Waals surface area contributed by atoms with E-state index in [1.807, 2.05) is 0 Å². The van der Waals surface area contributed by atoms with Crippen LogP contribution in [-0.2, 0) is 30.7 Å². The van der Waals surface area contributed by atoms with Gasteiger partial charge >= 0.3 is 5.97 Å². The fourth-order valence-corrected chi connectivity index (χ4v) is 2.63. The maximum absolute atomic E-state index is 12.0. The molecule has 0 spiro atoms. The molecule has 118 valence electrons. The van der Waals surface area contributed by atoms with Crippen LogP contribution in [0.1, 0.15) is 12.0 Å².